The van der Waals surface area contributed by atoms with E-state index in [0.29, 0.717) is 22.4 Å². The molecular weight excluding hydrogens is 488 g/mol. The van der Waals surface area contributed by atoms with Gasteiger partial charge in [-0.15, -0.1) is 13.2 Å². The van der Waals surface area contributed by atoms with Gasteiger partial charge in [-0.05, 0) is 78.8 Å². The van der Waals surface area contributed by atoms with E-state index in [4.69, 9.17) is 4.74 Å². The Morgan fingerprint density at radius 2 is 1.65 bits per heavy atom. The zero-order chi connectivity index (χ0) is 26.5. The van der Waals surface area contributed by atoms with Crippen molar-refractivity contribution in [3.63, 3.8) is 0 Å². The molecule has 0 bridgehead atoms. The smallest absolute Gasteiger partial charge is 0.486 e. The number of rotatable bonds is 5. The third-order valence-electron chi connectivity index (χ3n) is 7.01. The van der Waals surface area contributed by atoms with E-state index in [9.17, 15) is 27.2 Å². The van der Waals surface area contributed by atoms with Crippen molar-refractivity contribution in [1.82, 2.24) is 0 Å². The SMILES string of the molecule is CC(C)c1cc2c(c(-c3ccc(F)cc3)c1C(=O)c1ccc(OC(F)(F)F)cc1)C(=O)CC1(CCC1)O2. The minimum Gasteiger partial charge on any atom is -0.486 e. The van der Waals surface area contributed by atoms with E-state index in [1.165, 1.54) is 36.4 Å². The van der Waals surface area contributed by atoms with Crippen molar-refractivity contribution < 1.29 is 36.6 Å². The van der Waals surface area contributed by atoms with Crippen LogP contribution < -0.4 is 9.47 Å². The average molecular weight is 512 g/mol. The Labute approximate surface area is 211 Å². The highest BCUT2D eigenvalue weighted by Crippen LogP contribution is 2.50. The standard InChI is InChI=1S/C29H24F4O4/c1-16(2)21-14-23-26(22(34)15-28(37-23)12-3-13-28)24(17-4-8-19(30)9-5-17)25(21)27(35)18-6-10-20(11-7-18)36-29(31,32)33/h4-11,14,16H,3,12-13,15H2,1-2H3. The van der Waals surface area contributed by atoms with Crippen LogP contribution in [0.4, 0.5) is 17.6 Å². The van der Waals surface area contributed by atoms with Crippen molar-refractivity contribution in [1.29, 1.82) is 0 Å². The number of alkyl halides is 3. The summed E-state index contributed by atoms with van der Waals surface area (Å²) in [5, 5.41) is 0. The average Bonchev–Trinajstić information content (AvgIpc) is 2.81. The summed E-state index contributed by atoms with van der Waals surface area (Å²) in [5.41, 5.74) is 1.56. The highest BCUT2D eigenvalue weighted by molar-refractivity contribution is 6.18. The summed E-state index contributed by atoms with van der Waals surface area (Å²) in [6.07, 6.45) is -2.16. The molecule has 0 aromatic heterocycles. The van der Waals surface area contributed by atoms with Crippen LogP contribution in [-0.2, 0) is 0 Å². The van der Waals surface area contributed by atoms with Gasteiger partial charge in [-0.2, -0.15) is 0 Å². The Bertz CT molecular complexity index is 1370. The van der Waals surface area contributed by atoms with Gasteiger partial charge < -0.3 is 9.47 Å². The first kappa shape index (κ1) is 25.0. The van der Waals surface area contributed by atoms with Gasteiger partial charge in [0, 0.05) is 16.7 Å². The molecule has 3 aromatic carbocycles. The molecule has 1 spiro atoms. The second-order valence-corrected chi connectivity index (χ2v) is 9.89. The fourth-order valence-electron chi connectivity index (χ4n) is 5.09. The Kier molecular flexibility index (Phi) is 6.09. The summed E-state index contributed by atoms with van der Waals surface area (Å²) in [5.74, 6) is -1.30. The minimum absolute atomic E-state index is 0.124. The fraction of sp³-hybridized carbons (Fsp3) is 0.310. The number of benzene rings is 3. The van der Waals surface area contributed by atoms with Crippen molar-refractivity contribution in [2.75, 3.05) is 0 Å². The second kappa shape index (κ2) is 9.01. The number of halogens is 4. The number of ketones is 2. The molecular formula is C29H24F4O4. The molecule has 192 valence electrons. The van der Waals surface area contributed by atoms with Gasteiger partial charge >= 0.3 is 6.36 Å². The Balaban J connectivity index is 1.70. The van der Waals surface area contributed by atoms with Crippen LogP contribution in [0, 0.1) is 5.82 Å². The third-order valence-corrected chi connectivity index (χ3v) is 7.01. The lowest BCUT2D eigenvalue weighted by molar-refractivity contribution is -0.274. The largest absolute Gasteiger partial charge is 0.573 e. The van der Waals surface area contributed by atoms with E-state index in [1.54, 1.807) is 6.07 Å². The summed E-state index contributed by atoms with van der Waals surface area (Å²) in [7, 11) is 0. The normalized spacial score (nSPS) is 16.2. The van der Waals surface area contributed by atoms with Crippen molar-refractivity contribution in [2.45, 2.75) is 57.4 Å². The summed E-state index contributed by atoms with van der Waals surface area (Å²) < 4.78 is 61.9. The maximum atomic E-state index is 13.9. The molecule has 4 nitrogen and oxygen atoms in total. The molecule has 1 aliphatic carbocycles. The molecule has 2 aliphatic rings. The Morgan fingerprint density at radius 3 is 2.19 bits per heavy atom. The molecule has 0 N–H and O–H groups in total. The van der Waals surface area contributed by atoms with Crippen molar-refractivity contribution >= 4 is 11.6 Å². The monoisotopic (exact) mass is 512 g/mol. The first-order valence-corrected chi connectivity index (χ1v) is 12.1. The number of hydrogen-bond donors (Lipinski definition) is 0. The van der Waals surface area contributed by atoms with E-state index in [0.717, 1.165) is 31.4 Å². The highest BCUT2D eigenvalue weighted by atomic mass is 19.4. The van der Waals surface area contributed by atoms with Gasteiger partial charge in [0.1, 0.15) is 22.9 Å². The summed E-state index contributed by atoms with van der Waals surface area (Å²) in [6, 6.07) is 11.9. The molecule has 1 aliphatic heterocycles. The molecule has 0 amide bonds. The van der Waals surface area contributed by atoms with Gasteiger partial charge in [0.05, 0.1) is 12.0 Å². The first-order chi connectivity index (χ1) is 17.5. The van der Waals surface area contributed by atoms with Crippen LogP contribution in [0.15, 0.2) is 54.6 Å². The zero-order valence-corrected chi connectivity index (χ0v) is 20.2. The lowest BCUT2D eigenvalue weighted by atomic mass is 9.72. The Morgan fingerprint density at radius 1 is 1.00 bits per heavy atom. The Hall–Kier alpha value is -3.68. The third kappa shape index (κ3) is 4.72. The fourth-order valence-corrected chi connectivity index (χ4v) is 5.09. The van der Waals surface area contributed by atoms with Crippen molar-refractivity contribution in [2.24, 2.45) is 0 Å². The predicted octanol–water partition coefficient (Wildman–Crippen LogP) is 7.63. The van der Waals surface area contributed by atoms with E-state index in [1.807, 2.05) is 13.8 Å². The molecule has 1 heterocycles. The maximum Gasteiger partial charge on any atom is 0.573 e. The highest BCUT2D eigenvalue weighted by Gasteiger charge is 2.47. The van der Waals surface area contributed by atoms with E-state index >= 15 is 0 Å². The van der Waals surface area contributed by atoms with E-state index in [-0.39, 0.29) is 34.8 Å². The molecule has 3 aromatic rings. The number of Topliss-reactive ketones (excluding diaryl/α,β-unsaturated/α-hetero) is 1. The van der Waals surface area contributed by atoms with E-state index in [2.05, 4.69) is 4.74 Å². The number of carbonyl (C=O) groups excluding carboxylic acids is 2. The van der Waals surface area contributed by atoms with Crippen LogP contribution in [0.5, 0.6) is 11.5 Å². The molecule has 1 saturated carbocycles. The van der Waals surface area contributed by atoms with Crippen molar-refractivity contribution in [3.05, 3.63) is 82.7 Å². The number of fused-ring (bicyclic) bond motifs is 1. The molecule has 1 fully saturated rings. The van der Waals surface area contributed by atoms with Gasteiger partial charge in [-0.25, -0.2) is 4.39 Å². The summed E-state index contributed by atoms with van der Waals surface area (Å²) in [4.78, 5) is 27.5. The van der Waals surface area contributed by atoms with Gasteiger partial charge in [0.25, 0.3) is 0 Å². The van der Waals surface area contributed by atoms with E-state index < -0.39 is 29.3 Å². The lowest BCUT2D eigenvalue weighted by Gasteiger charge is -2.45. The van der Waals surface area contributed by atoms with Crippen LogP contribution in [-0.4, -0.2) is 23.5 Å². The van der Waals surface area contributed by atoms with Crippen LogP contribution in [0.1, 0.15) is 77.3 Å². The molecule has 0 saturated heterocycles. The quantitative estimate of drug-likeness (QED) is 0.261. The van der Waals surface area contributed by atoms with Crippen LogP contribution in [0.25, 0.3) is 11.1 Å². The second-order valence-electron chi connectivity index (χ2n) is 9.89. The van der Waals surface area contributed by atoms with Crippen LogP contribution in [0.2, 0.25) is 0 Å². The molecule has 0 atom stereocenters. The minimum atomic E-state index is -4.86. The molecule has 37 heavy (non-hydrogen) atoms. The van der Waals surface area contributed by atoms with Gasteiger partial charge in [0.2, 0.25) is 0 Å². The zero-order valence-electron chi connectivity index (χ0n) is 20.2. The molecule has 0 unspecified atom stereocenters. The number of carbonyl (C=O) groups is 2. The molecule has 5 rings (SSSR count). The number of hydrogen-bond acceptors (Lipinski definition) is 4. The van der Waals surface area contributed by atoms with Gasteiger partial charge in [0.15, 0.2) is 11.6 Å². The number of ether oxygens (including phenoxy) is 2. The van der Waals surface area contributed by atoms with Crippen LogP contribution in [0.3, 0.4) is 0 Å². The lowest BCUT2D eigenvalue weighted by Crippen LogP contribution is -2.48. The van der Waals surface area contributed by atoms with Crippen molar-refractivity contribution in [3.8, 4) is 22.6 Å². The summed E-state index contributed by atoms with van der Waals surface area (Å²) >= 11 is 0. The predicted molar refractivity (Wildman–Crippen MR) is 129 cm³/mol. The topological polar surface area (TPSA) is 52.6 Å². The maximum absolute atomic E-state index is 13.9. The van der Waals surface area contributed by atoms with Crippen LogP contribution >= 0.6 is 0 Å². The molecule has 0 radical (unpaired) electrons. The summed E-state index contributed by atoms with van der Waals surface area (Å²) in [6.45, 7) is 3.80. The van der Waals surface area contributed by atoms with Gasteiger partial charge in [-0.3, -0.25) is 9.59 Å². The van der Waals surface area contributed by atoms with Gasteiger partial charge in [-0.1, -0.05) is 26.0 Å². The molecule has 8 heteroatoms. The first-order valence-electron chi connectivity index (χ1n) is 12.1.